The highest BCUT2D eigenvalue weighted by molar-refractivity contribution is 7.98. The summed E-state index contributed by atoms with van der Waals surface area (Å²) in [5.74, 6) is 1.27. The Bertz CT molecular complexity index is 1660. The third-order valence-corrected chi connectivity index (χ3v) is 7.44. The molecule has 6 aromatic rings. The predicted molar refractivity (Wildman–Crippen MR) is 135 cm³/mol. The average Bonchev–Trinajstić information content (AvgIpc) is 3.45. The Hall–Kier alpha value is -3.82. The van der Waals surface area contributed by atoms with E-state index in [2.05, 4.69) is 31.9 Å². The van der Waals surface area contributed by atoms with Crippen molar-refractivity contribution in [2.75, 3.05) is 0 Å². The van der Waals surface area contributed by atoms with E-state index in [0.29, 0.717) is 17.3 Å². The van der Waals surface area contributed by atoms with Gasteiger partial charge in [-0.2, -0.15) is 0 Å². The maximum absolute atomic E-state index is 12.9. The van der Waals surface area contributed by atoms with Crippen molar-refractivity contribution in [2.24, 2.45) is 0 Å². The number of fused-ring (bicyclic) bond motifs is 3. The molecule has 0 unspecified atom stereocenters. The van der Waals surface area contributed by atoms with E-state index in [1.807, 2.05) is 54.6 Å². The molecule has 0 aliphatic rings. The van der Waals surface area contributed by atoms with Crippen molar-refractivity contribution in [3.8, 4) is 11.4 Å². The standard InChI is InChI=1S/C25H18N6OS2/c32-22-13-19(27-24-31(22)20-10-4-5-11-21(20)34-24)16-33-25-29-28-23(18-9-6-12-26-14-18)30(25)15-17-7-2-1-3-8-17/h1-14H,15-16H2. The number of thioether (sulfide) groups is 1. The van der Waals surface area contributed by atoms with Gasteiger partial charge in [-0.1, -0.05) is 65.6 Å². The zero-order chi connectivity index (χ0) is 22.9. The van der Waals surface area contributed by atoms with Crippen molar-refractivity contribution < 1.29 is 0 Å². The number of hydrogen-bond acceptors (Lipinski definition) is 7. The molecule has 0 radical (unpaired) electrons. The van der Waals surface area contributed by atoms with Crippen molar-refractivity contribution in [1.82, 2.24) is 29.1 Å². The molecule has 6 rings (SSSR count). The Morgan fingerprint density at radius 1 is 0.941 bits per heavy atom. The van der Waals surface area contributed by atoms with E-state index in [-0.39, 0.29) is 5.56 Å². The van der Waals surface area contributed by atoms with E-state index in [1.165, 1.54) is 23.1 Å². The molecule has 0 spiro atoms. The molecule has 0 aliphatic heterocycles. The predicted octanol–water partition coefficient (Wildman–Crippen LogP) is 4.90. The van der Waals surface area contributed by atoms with Gasteiger partial charge in [-0.3, -0.25) is 18.7 Å². The number of thiazole rings is 1. The number of para-hydroxylation sites is 1. The highest BCUT2D eigenvalue weighted by Crippen LogP contribution is 2.28. The maximum atomic E-state index is 12.9. The first-order valence-corrected chi connectivity index (χ1v) is 12.5. The molecule has 2 aromatic carbocycles. The van der Waals surface area contributed by atoms with E-state index in [9.17, 15) is 4.79 Å². The summed E-state index contributed by atoms with van der Waals surface area (Å²) in [6.07, 6.45) is 3.53. The van der Waals surface area contributed by atoms with Crippen LogP contribution in [0.15, 0.2) is 95.1 Å². The van der Waals surface area contributed by atoms with Crippen LogP contribution in [0.5, 0.6) is 0 Å². The SMILES string of the molecule is O=c1cc(CSc2nnc(-c3cccnc3)n2Cc2ccccc2)nc2sc3ccccc3n12. The van der Waals surface area contributed by atoms with Gasteiger partial charge in [0, 0.05) is 29.8 Å². The molecule has 7 nitrogen and oxygen atoms in total. The van der Waals surface area contributed by atoms with Crippen molar-refractivity contribution in [2.45, 2.75) is 17.5 Å². The zero-order valence-electron chi connectivity index (χ0n) is 17.9. The number of nitrogens with zero attached hydrogens (tertiary/aromatic N) is 6. The molecule has 0 saturated heterocycles. The van der Waals surface area contributed by atoms with Crippen molar-refractivity contribution in [1.29, 1.82) is 0 Å². The zero-order valence-corrected chi connectivity index (χ0v) is 19.5. The molecular formula is C25H18N6OS2. The number of hydrogen-bond donors (Lipinski definition) is 0. The van der Waals surface area contributed by atoms with E-state index < -0.39 is 0 Å². The number of pyridine rings is 1. The van der Waals surface area contributed by atoms with Crippen LogP contribution in [0.2, 0.25) is 0 Å². The summed E-state index contributed by atoms with van der Waals surface area (Å²) in [6.45, 7) is 0.631. The summed E-state index contributed by atoms with van der Waals surface area (Å²) in [4.78, 5) is 22.6. The second-order valence-corrected chi connectivity index (χ2v) is 9.63. The van der Waals surface area contributed by atoms with Gasteiger partial charge in [-0.05, 0) is 29.8 Å². The molecule has 34 heavy (non-hydrogen) atoms. The van der Waals surface area contributed by atoms with Crippen molar-refractivity contribution in [3.05, 3.63) is 107 Å². The Morgan fingerprint density at radius 3 is 2.65 bits per heavy atom. The van der Waals surface area contributed by atoms with Crippen LogP contribution in [-0.4, -0.2) is 29.1 Å². The van der Waals surface area contributed by atoms with Crippen molar-refractivity contribution in [3.63, 3.8) is 0 Å². The summed E-state index contributed by atoms with van der Waals surface area (Å²) >= 11 is 3.04. The van der Waals surface area contributed by atoms with Crippen LogP contribution in [0.1, 0.15) is 11.3 Å². The monoisotopic (exact) mass is 482 g/mol. The summed E-state index contributed by atoms with van der Waals surface area (Å²) in [5, 5.41) is 9.69. The lowest BCUT2D eigenvalue weighted by Crippen LogP contribution is -2.13. The third-order valence-electron chi connectivity index (χ3n) is 5.42. The fourth-order valence-electron chi connectivity index (χ4n) is 3.85. The largest absolute Gasteiger partial charge is 0.297 e. The quantitative estimate of drug-likeness (QED) is 0.314. The highest BCUT2D eigenvalue weighted by atomic mass is 32.2. The molecule has 0 N–H and O–H groups in total. The van der Waals surface area contributed by atoms with Gasteiger partial charge in [-0.25, -0.2) is 4.98 Å². The van der Waals surface area contributed by atoms with E-state index >= 15 is 0 Å². The molecule has 0 amide bonds. The average molecular weight is 483 g/mol. The van der Waals surface area contributed by atoms with Gasteiger partial charge in [0.15, 0.2) is 15.9 Å². The molecule has 0 aliphatic carbocycles. The van der Waals surface area contributed by atoms with Crippen LogP contribution in [0, 0.1) is 0 Å². The molecule has 4 heterocycles. The lowest BCUT2D eigenvalue weighted by atomic mass is 10.2. The van der Waals surface area contributed by atoms with E-state index in [1.54, 1.807) is 22.9 Å². The minimum absolute atomic E-state index is 0.0696. The topological polar surface area (TPSA) is 78.0 Å². The molecule has 166 valence electrons. The normalized spacial score (nSPS) is 11.4. The molecule has 0 atom stereocenters. The Balaban J connectivity index is 1.34. The molecule has 4 aromatic heterocycles. The Kier molecular flexibility index (Phi) is 5.40. The van der Waals surface area contributed by atoms with Gasteiger partial charge in [0.05, 0.1) is 22.5 Å². The fourth-order valence-corrected chi connectivity index (χ4v) is 5.73. The van der Waals surface area contributed by atoms with Crippen LogP contribution >= 0.6 is 23.1 Å². The van der Waals surface area contributed by atoms with Gasteiger partial charge in [0.2, 0.25) is 0 Å². The Morgan fingerprint density at radius 2 is 1.79 bits per heavy atom. The van der Waals surface area contributed by atoms with Gasteiger partial charge >= 0.3 is 0 Å². The summed E-state index contributed by atoms with van der Waals surface area (Å²) in [5.41, 5.74) is 3.60. The van der Waals surface area contributed by atoms with Gasteiger partial charge in [0.25, 0.3) is 5.56 Å². The van der Waals surface area contributed by atoms with E-state index in [4.69, 9.17) is 4.98 Å². The van der Waals surface area contributed by atoms with Crippen LogP contribution in [0.4, 0.5) is 0 Å². The first-order chi connectivity index (χ1) is 16.8. The van der Waals surface area contributed by atoms with Gasteiger partial charge < -0.3 is 0 Å². The first kappa shape index (κ1) is 20.8. The maximum Gasteiger partial charge on any atom is 0.259 e. The minimum atomic E-state index is -0.0696. The molecular weight excluding hydrogens is 464 g/mol. The fraction of sp³-hybridized carbons (Fsp3) is 0.0800. The van der Waals surface area contributed by atoms with Crippen LogP contribution < -0.4 is 5.56 Å². The number of benzene rings is 2. The molecule has 0 bridgehead atoms. The number of rotatable bonds is 6. The molecule has 9 heteroatoms. The smallest absolute Gasteiger partial charge is 0.259 e. The molecule has 0 fully saturated rings. The summed E-state index contributed by atoms with van der Waals surface area (Å²) < 4.78 is 4.80. The second-order valence-electron chi connectivity index (χ2n) is 7.68. The third kappa shape index (κ3) is 3.89. The van der Waals surface area contributed by atoms with Crippen LogP contribution in [-0.2, 0) is 12.3 Å². The van der Waals surface area contributed by atoms with E-state index in [0.717, 1.165) is 38.0 Å². The highest BCUT2D eigenvalue weighted by Gasteiger charge is 2.16. The first-order valence-electron chi connectivity index (χ1n) is 10.7. The van der Waals surface area contributed by atoms with Crippen LogP contribution in [0.25, 0.3) is 26.6 Å². The van der Waals surface area contributed by atoms with Gasteiger partial charge in [-0.15, -0.1) is 10.2 Å². The number of aromatic nitrogens is 6. The Labute approximate surface area is 202 Å². The lowest BCUT2D eigenvalue weighted by Gasteiger charge is -2.10. The summed E-state index contributed by atoms with van der Waals surface area (Å²) in [6, 6.07) is 23.5. The molecule has 0 saturated carbocycles. The second kappa shape index (κ2) is 8.85. The summed E-state index contributed by atoms with van der Waals surface area (Å²) in [7, 11) is 0. The van der Waals surface area contributed by atoms with Crippen LogP contribution in [0.3, 0.4) is 0 Å². The van der Waals surface area contributed by atoms with Crippen molar-refractivity contribution >= 4 is 38.3 Å². The lowest BCUT2D eigenvalue weighted by molar-refractivity contribution is 0.714. The minimum Gasteiger partial charge on any atom is -0.297 e. The van der Waals surface area contributed by atoms with Gasteiger partial charge in [0.1, 0.15) is 0 Å².